The fourth-order valence-electron chi connectivity index (χ4n) is 3.87. The molecule has 174 valence electrons. The monoisotopic (exact) mass is 487 g/mol. The minimum absolute atomic E-state index is 0.112. The number of hydrogen-bond acceptors (Lipinski definition) is 6. The molecule has 8 nitrogen and oxygen atoms in total. The predicted molar refractivity (Wildman–Crippen MR) is 125 cm³/mol. The van der Waals surface area contributed by atoms with E-state index in [1.165, 1.54) is 15.6 Å². The summed E-state index contributed by atoms with van der Waals surface area (Å²) in [6.45, 7) is 2.54. The smallest absolute Gasteiger partial charge is 0.338 e. The minimum Gasteiger partial charge on any atom is -0.462 e. The molecule has 1 atom stereocenters. The average molecular weight is 488 g/mol. The van der Waals surface area contributed by atoms with E-state index in [-0.39, 0.29) is 17.3 Å². The number of amides is 1. The zero-order valence-corrected chi connectivity index (χ0v) is 20.1. The van der Waals surface area contributed by atoms with Gasteiger partial charge in [0.25, 0.3) is 5.91 Å². The molecule has 1 aliphatic rings. The number of fused-ring (bicyclic) bond motifs is 1. The summed E-state index contributed by atoms with van der Waals surface area (Å²) < 4.78 is 35.0. The molecule has 1 aromatic heterocycles. The number of benzene rings is 2. The number of aryl methyl sites for hydroxylation is 1. The van der Waals surface area contributed by atoms with Gasteiger partial charge in [0, 0.05) is 20.1 Å². The molecule has 4 rings (SSSR count). The average Bonchev–Trinajstić information content (AvgIpc) is 3.14. The molecule has 1 fully saturated rings. The highest BCUT2D eigenvalue weighted by Crippen LogP contribution is 2.25. The summed E-state index contributed by atoms with van der Waals surface area (Å²) in [5.74, 6) is -1.24. The maximum Gasteiger partial charge on any atom is 0.338 e. The van der Waals surface area contributed by atoms with Crippen LogP contribution in [-0.2, 0) is 26.6 Å². The quantitative estimate of drug-likeness (QED) is 0.516. The molecular formula is C23H25N3O5S2. The van der Waals surface area contributed by atoms with Crippen LogP contribution in [0.4, 0.5) is 0 Å². The van der Waals surface area contributed by atoms with E-state index >= 15 is 0 Å². The molecule has 0 radical (unpaired) electrons. The molecule has 1 saturated heterocycles. The van der Waals surface area contributed by atoms with Crippen LogP contribution in [0.1, 0.15) is 30.1 Å². The zero-order valence-electron chi connectivity index (χ0n) is 18.4. The first kappa shape index (κ1) is 23.3. The molecule has 0 spiro atoms. The Morgan fingerprint density at radius 1 is 1.18 bits per heavy atom. The molecule has 0 aliphatic carbocycles. The number of piperidine rings is 1. The van der Waals surface area contributed by atoms with E-state index in [0.29, 0.717) is 36.4 Å². The summed E-state index contributed by atoms with van der Waals surface area (Å²) in [5.41, 5.74) is 1.29. The molecule has 1 unspecified atom stereocenters. The first-order valence-corrected chi connectivity index (χ1v) is 13.0. The lowest BCUT2D eigenvalue weighted by molar-refractivity contribution is -0.122. The largest absolute Gasteiger partial charge is 0.462 e. The van der Waals surface area contributed by atoms with Gasteiger partial charge in [0.1, 0.15) is 0 Å². The number of carbonyl (C=O) groups is 2. The molecule has 1 amide bonds. The van der Waals surface area contributed by atoms with E-state index in [1.54, 1.807) is 60.0 Å². The van der Waals surface area contributed by atoms with Crippen molar-refractivity contribution in [2.75, 3.05) is 19.7 Å². The minimum atomic E-state index is -3.65. The van der Waals surface area contributed by atoms with Crippen LogP contribution < -0.4 is 4.80 Å². The van der Waals surface area contributed by atoms with Gasteiger partial charge in [0.2, 0.25) is 10.0 Å². The fraction of sp³-hybridized carbons (Fsp3) is 0.348. The maximum absolute atomic E-state index is 13.0. The standard InChI is InChI=1S/C23H25N3O5S2/c1-3-31-22(28)16-11-12-19-20(14-16)32-23(25(19)2)24-21(27)17-8-7-13-26(15-17)33(29,30)18-9-5-4-6-10-18/h4-6,9-12,14,17H,3,7-8,13,15H2,1-2H3. The van der Waals surface area contributed by atoms with Crippen LogP contribution in [0.2, 0.25) is 0 Å². The third-order valence-electron chi connectivity index (χ3n) is 5.64. The van der Waals surface area contributed by atoms with E-state index in [9.17, 15) is 18.0 Å². The maximum atomic E-state index is 13.0. The second kappa shape index (κ2) is 9.58. The molecule has 2 heterocycles. The molecule has 3 aromatic rings. The Labute approximate surface area is 196 Å². The Bertz CT molecular complexity index is 1360. The first-order chi connectivity index (χ1) is 15.8. The van der Waals surface area contributed by atoms with Gasteiger partial charge in [-0.15, -0.1) is 0 Å². The Hall–Kier alpha value is -2.82. The number of nitrogens with zero attached hydrogens (tertiary/aromatic N) is 3. The highest BCUT2D eigenvalue weighted by atomic mass is 32.2. The number of carbonyl (C=O) groups excluding carboxylic acids is 2. The van der Waals surface area contributed by atoms with Crippen molar-refractivity contribution >= 4 is 43.5 Å². The van der Waals surface area contributed by atoms with Crippen molar-refractivity contribution in [3.63, 3.8) is 0 Å². The van der Waals surface area contributed by atoms with Crippen molar-refractivity contribution < 1.29 is 22.7 Å². The van der Waals surface area contributed by atoms with E-state index in [1.807, 2.05) is 7.05 Å². The van der Waals surface area contributed by atoms with Crippen LogP contribution in [0.25, 0.3) is 10.2 Å². The Morgan fingerprint density at radius 2 is 1.94 bits per heavy atom. The van der Waals surface area contributed by atoms with Gasteiger partial charge in [0.05, 0.1) is 33.2 Å². The van der Waals surface area contributed by atoms with Gasteiger partial charge < -0.3 is 9.30 Å². The highest BCUT2D eigenvalue weighted by molar-refractivity contribution is 7.89. The van der Waals surface area contributed by atoms with Crippen molar-refractivity contribution in [1.29, 1.82) is 0 Å². The second-order valence-corrected chi connectivity index (χ2v) is 10.8. The van der Waals surface area contributed by atoms with Crippen LogP contribution in [0.15, 0.2) is 58.4 Å². The number of thiazole rings is 1. The van der Waals surface area contributed by atoms with Crippen molar-refractivity contribution in [3.05, 3.63) is 58.9 Å². The first-order valence-electron chi connectivity index (χ1n) is 10.7. The van der Waals surface area contributed by atoms with Gasteiger partial charge in [-0.1, -0.05) is 29.5 Å². The molecule has 10 heteroatoms. The normalized spacial score (nSPS) is 17.9. The zero-order chi connectivity index (χ0) is 23.6. The number of ether oxygens (including phenoxy) is 1. The van der Waals surface area contributed by atoms with Crippen LogP contribution >= 0.6 is 11.3 Å². The molecule has 2 aromatic carbocycles. The Balaban J connectivity index is 1.58. The summed E-state index contributed by atoms with van der Waals surface area (Å²) in [6.07, 6.45) is 1.18. The van der Waals surface area contributed by atoms with Gasteiger partial charge in [-0.2, -0.15) is 9.30 Å². The number of esters is 1. The van der Waals surface area contributed by atoms with Crippen molar-refractivity contribution in [1.82, 2.24) is 8.87 Å². The summed E-state index contributed by atoms with van der Waals surface area (Å²) >= 11 is 1.30. The topological polar surface area (TPSA) is 98.0 Å². The number of hydrogen-bond donors (Lipinski definition) is 0. The summed E-state index contributed by atoms with van der Waals surface area (Å²) in [6, 6.07) is 13.5. The van der Waals surface area contributed by atoms with Crippen molar-refractivity contribution in [2.45, 2.75) is 24.7 Å². The molecular weight excluding hydrogens is 462 g/mol. The van der Waals surface area contributed by atoms with Gasteiger partial charge >= 0.3 is 5.97 Å². The molecule has 1 aliphatic heterocycles. The lowest BCUT2D eigenvalue weighted by Gasteiger charge is -2.30. The van der Waals surface area contributed by atoms with E-state index in [2.05, 4.69) is 4.99 Å². The van der Waals surface area contributed by atoms with Gasteiger partial charge in [-0.05, 0) is 50.1 Å². The van der Waals surface area contributed by atoms with E-state index in [4.69, 9.17) is 4.74 Å². The molecule has 0 N–H and O–H groups in total. The van der Waals surface area contributed by atoms with E-state index < -0.39 is 21.9 Å². The summed E-state index contributed by atoms with van der Waals surface area (Å²) in [7, 11) is -1.85. The molecule has 33 heavy (non-hydrogen) atoms. The lowest BCUT2D eigenvalue weighted by atomic mass is 9.99. The third kappa shape index (κ3) is 4.78. The van der Waals surface area contributed by atoms with E-state index in [0.717, 1.165) is 10.2 Å². The van der Waals surface area contributed by atoms with Crippen molar-refractivity contribution in [3.8, 4) is 0 Å². The van der Waals surface area contributed by atoms with Crippen LogP contribution in [0.5, 0.6) is 0 Å². The van der Waals surface area contributed by atoms with Gasteiger partial charge in [-0.3, -0.25) is 4.79 Å². The Kier molecular flexibility index (Phi) is 6.78. The molecule has 0 bridgehead atoms. The van der Waals surface area contributed by atoms with Gasteiger partial charge in [0.15, 0.2) is 4.80 Å². The second-order valence-electron chi connectivity index (χ2n) is 7.81. The molecule has 0 saturated carbocycles. The number of aromatic nitrogens is 1. The van der Waals surface area contributed by atoms with Gasteiger partial charge in [-0.25, -0.2) is 13.2 Å². The highest BCUT2D eigenvalue weighted by Gasteiger charge is 2.33. The SMILES string of the molecule is CCOC(=O)c1ccc2c(c1)sc(=NC(=O)C1CCCN(S(=O)(=O)c3ccccc3)C1)n2C. The summed E-state index contributed by atoms with van der Waals surface area (Å²) in [4.78, 5) is 30.1. The van der Waals surface area contributed by atoms with Crippen LogP contribution in [-0.4, -0.2) is 48.9 Å². The Morgan fingerprint density at radius 3 is 2.67 bits per heavy atom. The summed E-state index contributed by atoms with van der Waals surface area (Å²) in [5, 5.41) is 0. The number of rotatable bonds is 5. The number of sulfonamides is 1. The fourth-order valence-corrected chi connectivity index (χ4v) is 6.48. The van der Waals surface area contributed by atoms with Crippen molar-refractivity contribution in [2.24, 2.45) is 18.0 Å². The third-order valence-corrected chi connectivity index (χ3v) is 8.61. The van der Waals surface area contributed by atoms with Crippen LogP contribution in [0, 0.1) is 5.92 Å². The predicted octanol–water partition coefficient (Wildman–Crippen LogP) is 2.94. The lowest BCUT2D eigenvalue weighted by Crippen LogP contribution is -2.42. The van der Waals surface area contributed by atoms with Crippen LogP contribution in [0.3, 0.4) is 0 Å².